The van der Waals surface area contributed by atoms with Gasteiger partial charge in [0.05, 0.1) is 6.04 Å². The smallest absolute Gasteiger partial charge is 0.218 e. The summed E-state index contributed by atoms with van der Waals surface area (Å²) in [6.45, 7) is 1.78. The number of hydrogen-bond acceptors (Lipinski definition) is 3. The molecule has 0 amide bonds. The van der Waals surface area contributed by atoms with Crippen LogP contribution in [-0.2, 0) is 14.6 Å². The van der Waals surface area contributed by atoms with Crippen LogP contribution >= 0.6 is 11.6 Å². The lowest BCUT2D eigenvalue weighted by atomic mass is 10.0. The summed E-state index contributed by atoms with van der Waals surface area (Å²) in [5.41, 5.74) is 0.913. The van der Waals surface area contributed by atoms with Crippen LogP contribution in [0.5, 0.6) is 5.75 Å². The first kappa shape index (κ1) is 14.5. The molecule has 6 heteroatoms. The van der Waals surface area contributed by atoms with E-state index in [1.165, 1.54) is 6.07 Å². The Morgan fingerprint density at radius 3 is 2.67 bits per heavy atom. The third kappa shape index (κ3) is 2.82. The van der Waals surface area contributed by atoms with E-state index in [9.17, 15) is 8.76 Å². The van der Waals surface area contributed by atoms with E-state index in [0.717, 1.165) is 5.56 Å². The molecule has 1 aliphatic heterocycles. The first-order valence-electron chi connectivity index (χ1n) is 6.51. The van der Waals surface area contributed by atoms with Gasteiger partial charge in [0.15, 0.2) is 16.1 Å². The Kier molecular flexibility index (Phi) is 3.75. The van der Waals surface area contributed by atoms with Crippen molar-refractivity contribution in [1.82, 2.24) is 4.72 Å². The molecular formula is C15H14ClNO3S. The number of halogens is 1. The van der Waals surface area contributed by atoms with Crippen LogP contribution in [0, 0.1) is 0 Å². The van der Waals surface area contributed by atoms with Crippen molar-refractivity contribution in [3.8, 4) is 5.75 Å². The Morgan fingerprint density at radius 2 is 1.95 bits per heavy atom. The summed E-state index contributed by atoms with van der Waals surface area (Å²) in [6, 6.07) is 13.7. The number of hydrogen-bond donors (Lipinski definition) is 1. The number of ether oxygens (including phenoxy) is 1. The largest absolute Gasteiger partial charge is 0.593 e. The number of nitrogens with one attached hydrogen (secondary N) is 1. The highest BCUT2D eigenvalue weighted by atomic mass is 35.5. The molecule has 2 aromatic carbocycles. The Balaban J connectivity index is 2.09. The molecule has 3 rings (SSSR count). The summed E-state index contributed by atoms with van der Waals surface area (Å²) in [4.78, 5) is 0.0697. The van der Waals surface area contributed by atoms with Crippen molar-refractivity contribution in [2.45, 2.75) is 24.0 Å². The van der Waals surface area contributed by atoms with Gasteiger partial charge < -0.3 is 9.29 Å². The van der Waals surface area contributed by atoms with E-state index in [0.29, 0.717) is 10.8 Å². The lowest BCUT2D eigenvalue weighted by molar-refractivity contribution is 0.173. The molecule has 0 saturated heterocycles. The van der Waals surface area contributed by atoms with Gasteiger partial charge in [-0.2, -0.15) is 0 Å². The van der Waals surface area contributed by atoms with E-state index in [2.05, 4.69) is 4.72 Å². The SMILES string of the molecule is C[C@H]1N[S+](=O)([O-])c2cc(Cl)ccc2O[C@H]1c1ccccc1. The van der Waals surface area contributed by atoms with Gasteiger partial charge in [0.25, 0.3) is 0 Å². The first-order chi connectivity index (χ1) is 9.97. The van der Waals surface area contributed by atoms with Crippen LogP contribution < -0.4 is 9.46 Å². The van der Waals surface area contributed by atoms with Crippen molar-refractivity contribution in [2.75, 3.05) is 0 Å². The highest BCUT2D eigenvalue weighted by Crippen LogP contribution is 2.37. The number of fused-ring (bicyclic) bond motifs is 1. The number of rotatable bonds is 1. The van der Waals surface area contributed by atoms with Crippen LogP contribution in [0.25, 0.3) is 0 Å². The van der Waals surface area contributed by atoms with Crippen LogP contribution in [0.3, 0.4) is 0 Å². The molecule has 4 nitrogen and oxygen atoms in total. The lowest BCUT2D eigenvalue weighted by Gasteiger charge is -2.22. The zero-order valence-corrected chi connectivity index (χ0v) is 12.9. The summed E-state index contributed by atoms with van der Waals surface area (Å²) < 4.78 is 33.3. The van der Waals surface area contributed by atoms with Gasteiger partial charge in [0.2, 0.25) is 4.90 Å². The second-order valence-electron chi connectivity index (χ2n) is 4.95. The average molecular weight is 324 g/mol. The van der Waals surface area contributed by atoms with Gasteiger partial charge in [-0.1, -0.05) is 46.1 Å². The molecule has 2 aromatic rings. The maximum atomic E-state index is 12.4. The summed E-state index contributed by atoms with van der Waals surface area (Å²) in [5.74, 6) is 0.310. The summed E-state index contributed by atoms with van der Waals surface area (Å²) in [5, 5.41) is 0.355. The predicted molar refractivity (Wildman–Crippen MR) is 81.0 cm³/mol. The highest BCUT2D eigenvalue weighted by Gasteiger charge is 2.37. The second kappa shape index (κ2) is 5.42. The zero-order chi connectivity index (χ0) is 15.0. The monoisotopic (exact) mass is 323 g/mol. The molecule has 0 aromatic heterocycles. The molecule has 0 bridgehead atoms. The van der Waals surface area contributed by atoms with E-state index in [1.54, 1.807) is 19.1 Å². The standard InChI is InChI=1S/C15H14ClNO3S/c1-10-15(11-5-3-2-4-6-11)20-13-8-7-12(16)9-14(13)21(18,19)17-10/h2-10,15H,1H3,(H-,17,18,19)/t10-,15-/m1/s1. The Bertz CT molecular complexity index is 707. The normalized spacial score (nSPS) is 28.3. The van der Waals surface area contributed by atoms with E-state index in [-0.39, 0.29) is 4.90 Å². The Morgan fingerprint density at radius 1 is 1.24 bits per heavy atom. The molecule has 1 aliphatic rings. The van der Waals surface area contributed by atoms with Crippen molar-refractivity contribution in [3.63, 3.8) is 0 Å². The van der Waals surface area contributed by atoms with Crippen LogP contribution in [0.4, 0.5) is 0 Å². The Labute approximate surface area is 129 Å². The Hall–Kier alpha value is -1.40. The zero-order valence-electron chi connectivity index (χ0n) is 11.3. The molecule has 0 aliphatic carbocycles. The van der Waals surface area contributed by atoms with Gasteiger partial charge in [-0.05, 0) is 24.6 Å². The molecule has 0 radical (unpaired) electrons. The van der Waals surface area contributed by atoms with Gasteiger partial charge in [0.1, 0.15) is 6.10 Å². The van der Waals surface area contributed by atoms with Gasteiger partial charge in [0, 0.05) is 11.1 Å². The summed E-state index contributed by atoms with van der Waals surface area (Å²) in [6.07, 6.45) is -0.400. The van der Waals surface area contributed by atoms with Gasteiger partial charge in [-0.25, -0.2) is 0 Å². The lowest BCUT2D eigenvalue weighted by Crippen LogP contribution is -2.39. The maximum Gasteiger partial charge on any atom is 0.218 e. The van der Waals surface area contributed by atoms with Gasteiger partial charge in [-0.3, -0.25) is 0 Å². The van der Waals surface area contributed by atoms with Crippen molar-refractivity contribution < 1.29 is 13.5 Å². The van der Waals surface area contributed by atoms with Crippen molar-refractivity contribution in [2.24, 2.45) is 0 Å². The van der Waals surface area contributed by atoms with Gasteiger partial charge >= 0.3 is 0 Å². The molecule has 0 fully saturated rings. The topological polar surface area (TPSA) is 61.4 Å². The van der Waals surface area contributed by atoms with Crippen molar-refractivity contribution in [1.29, 1.82) is 0 Å². The fraction of sp³-hybridized carbons (Fsp3) is 0.200. The molecule has 110 valence electrons. The first-order valence-corrected chi connectivity index (χ1v) is 8.37. The van der Waals surface area contributed by atoms with E-state index in [1.807, 2.05) is 30.3 Å². The van der Waals surface area contributed by atoms with E-state index >= 15 is 0 Å². The maximum absolute atomic E-state index is 12.4. The van der Waals surface area contributed by atoms with E-state index in [4.69, 9.17) is 16.3 Å². The summed E-state index contributed by atoms with van der Waals surface area (Å²) >= 11 is 5.90. The van der Waals surface area contributed by atoms with Crippen LogP contribution in [0.15, 0.2) is 53.4 Å². The number of benzene rings is 2. The molecular weight excluding hydrogens is 310 g/mol. The fourth-order valence-corrected chi connectivity index (χ4v) is 4.04. The number of sulfonamides is 1. The quantitative estimate of drug-likeness (QED) is 0.819. The molecule has 1 unspecified atom stereocenters. The molecule has 1 N–H and O–H groups in total. The third-order valence-corrected chi connectivity index (χ3v) is 5.19. The van der Waals surface area contributed by atoms with Gasteiger partial charge in [-0.15, -0.1) is 4.72 Å². The minimum absolute atomic E-state index is 0.0697. The van der Waals surface area contributed by atoms with Crippen LogP contribution in [-0.4, -0.2) is 10.6 Å². The van der Waals surface area contributed by atoms with Crippen molar-refractivity contribution in [3.05, 3.63) is 59.1 Å². The minimum atomic E-state index is -3.65. The second-order valence-corrected chi connectivity index (χ2v) is 7.07. The highest BCUT2D eigenvalue weighted by molar-refractivity contribution is 7.96. The van der Waals surface area contributed by atoms with Crippen molar-refractivity contribution >= 4 is 22.0 Å². The molecule has 0 saturated carbocycles. The van der Waals surface area contributed by atoms with Crippen LogP contribution in [0.1, 0.15) is 18.6 Å². The molecule has 21 heavy (non-hydrogen) atoms. The predicted octanol–water partition coefficient (Wildman–Crippen LogP) is 3.36. The average Bonchev–Trinajstić information content (AvgIpc) is 2.55. The molecule has 0 spiro atoms. The summed E-state index contributed by atoms with van der Waals surface area (Å²) in [7, 11) is -3.65. The molecule has 1 heterocycles. The van der Waals surface area contributed by atoms with E-state index < -0.39 is 22.5 Å². The third-order valence-electron chi connectivity index (χ3n) is 3.37. The van der Waals surface area contributed by atoms with Crippen LogP contribution in [0.2, 0.25) is 5.02 Å². The fourth-order valence-electron chi connectivity index (χ4n) is 2.40. The molecule has 3 atom stereocenters. The minimum Gasteiger partial charge on any atom is -0.593 e.